The van der Waals surface area contributed by atoms with Gasteiger partial charge < -0.3 is 23.8 Å². The van der Waals surface area contributed by atoms with Crippen LogP contribution >= 0.6 is 0 Å². The number of ether oxygens (including phenoxy) is 3. The van der Waals surface area contributed by atoms with E-state index in [1.54, 1.807) is 0 Å². The van der Waals surface area contributed by atoms with Gasteiger partial charge in [0, 0.05) is 19.3 Å². The number of hydrogen-bond donors (Lipinski definition) is 1. The monoisotopic (exact) mass is 779 g/mol. The van der Waals surface area contributed by atoms with Crippen LogP contribution in [0.5, 0.6) is 0 Å². The van der Waals surface area contributed by atoms with Crippen molar-refractivity contribution in [1.29, 1.82) is 0 Å². The molecule has 56 heavy (non-hydrogen) atoms. The van der Waals surface area contributed by atoms with Gasteiger partial charge in [0.05, 0.1) is 34.4 Å². The lowest BCUT2D eigenvalue weighted by atomic mass is 10.1. The minimum Gasteiger partial charge on any atom is -0.477 e. The van der Waals surface area contributed by atoms with Gasteiger partial charge in [-0.25, -0.2) is 4.79 Å². The minimum absolute atomic E-state index is 0.0259. The normalized spacial score (nSPS) is 14.1. The second-order valence-corrected chi connectivity index (χ2v) is 14.6. The van der Waals surface area contributed by atoms with Crippen LogP contribution in [0.1, 0.15) is 123 Å². The van der Waals surface area contributed by atoms with Crippen LogP contribution in [0.15, 0.2) is 109 Å². The van der Waals surface area contributed by atoms with E-state index in [1.807, 2.05) is 57.6 Å². The quantitative estimate of drug-likeness (QED) is 0.0225. The maximum atomic E-state index is 12.7. The number of carbonyl (C=O) groups is 3. The first-order chi connectivity index (χ1) is 27.1. The van der Waals surface area contributed by atoms with E-state index in [-0.39, 0.29) is 42.7 Å². The topological polar surface area (TPSA) is 99.1 Å². The fourth-order valence-electron chi connectivity index (χ4n) is 5.30. The first kappa shape index (κ1) is 52.0. The number of esters is 2. The lowest BCUT2D eigenvalue weighted by molar-refractivity contribution is -0.887. The summed E-state index contributed by atoms with van der Waals surface area (Å²) in [6.07, 6.45) is 51.4. The van der Waals surface area contributed by atoms with E-state index < -0.39 is 18.1 Å². The highest BCUT2D eigenvalue weighted by atomic mass is 16.6. The number of aliphatic carboxylic acids is 1. The molecule has 1 N–H and O–H groups in total. The van der Waals surface area contributed by atoms with Gasteiger partial charge in [-0.2, -0.15) is 0 Å². The predicted octanol–water partition coefficient (Wildman–Crippen LogP) is 11.3. The molecule has 0 saturated carbocycles. The van der Waals surface area contributed by atoms with Crippen LogP contribution in [0.4, 0.5) is 0 Å². The SMILES string of the molecule is CC/C=C/C=C/C=C/C=C/CCCCCC(=O)OC(COCCC(C(=O)O)[N+](C)(C)C)COC(=O)CCCCC/C=C/C/C=C/C/C=C/C/C=C/C/C=C/CC. The van der Waals surface area contributed by atoms with Gasteiger partial charge in [-0.1, -0.05) is 136 Å². The lowest BCUT2D eigenvalue weighted by Crippen LogP contribution is -2.50. The highest BCUT2D eigenvalue weighted by Gasteiger charge is 2.31. The molecular weight excluding hydrogens is 703 g/mol. The first-order valence-electron chi connectivity index (χ1n) is 21.0. The molecule has 314 valence electrons. The van der Waals surface area contributed by atoms with Crippen molar-refractivity contribution < 1.29 is 38.2 Å². The molecular formula is C48H76NO7+. The van der Waals surface area contributed by atoms with Crippen molar-refractivity contribution in [2.75, 3.05) is 41.0 Å². The summed E-state index contributed by atoms with van der Waals surface area (Å²) in [5.41, 5.74) is 0. The number of quaternary nitrogens is 1. The summed E-state index contributed by atoms with van der Waals surface area (Å²) in [5.74, 6) is -1.58. The van der Waals surface area contributed by atoms with E-state index in [0.29, 0.717) is 19.3 Å². The van der Waals surface area contributed by atoms with Crippen molar-refractivity contribution >= 4 is 17.9 Å². The molecule has 0 radical (unpaired) electrons. The number of likely N-dealkylation sites (N-methyl/N-ethyl adjacent to an activating group) is 1. The van der Waals surface area contributed by atoms with Crippen LogP contribution < -0.4 is 0 Å². The highest BCUT2D eigenvalue weighted by Crippen LogP contribution is 2.11. The zero-order valence-electron chi connectivity index (χ0n) is 35.5. The molecule has 0 heterocycles. The van der Waals surface area contributed by atoms with Gasteiger partial charge in [0.25, 0.3) is 0 Å². The maximum absolute atomic E-state index is 12.7. The van der Waals surface area contributed by atoms with E-state index >= 15 is 0 Å². The van der Waals surface area contributed by atoms with Crippen LogP contribution in [0, 0.1) is 0 Å². The molecule has 2 unspecified atom stereocenters. The van der Waals surface area contributed by atoms with Crippen molar-refractivity contribution in [1.82, 2.24) is 0 Å². The maximum Gasteiger partial charge on any atom is 0.362 e. The second-order valence-electron chi connectivity index (χ2n) is 14.6. The Labute approximate surface area is 340 Å². The molecule has 0 aliphatic carbocycles. The molecule has 8 nitrogen and oxygen atoms in total. The number of carboxylic acids is 1. The van der Waals surface area contributed by atoms with E-state index in [4.69, 9.17) is 14.2 Å². The summed E-state index contributed by atoms with van der Waals surface area (Å²) in [6.45, 7) is 4.36. The van der Waals surface area contributed by atoms with E-state index in [0.717, 1.165) is 83.5 Å². The van der Waals surface area contributed by atoms with Gasteiger partial charge in [-0.05, 0) is 77.0 Å². The first-order valence-corrected chi connectivity index (χ1v) is 21.0. The van der Waals surface area contributed by atoms with Gasteiger partial charge in [0.15, 0.2) is 12.1 Å². The average molecular weight is 779 g/mol. The Kier molecular flexibility index (Phi) is 35.2. The molecule has 0 spiro atoms. The molecule has 0 amide bonds. The van der Waals surface area contributed by atoms with Crippen molar-refractivity contribution in [2.24, 2.45) is 0 Å². The summed E-state index contributed by atoms with van der Waals surface area (Å²) >= 11 is 0. The third-order valence-electron chi connectivity index (χ3n) is 8.51. The number of hydrogen-bond acceptors (Lipinski definition) is 6. The molecule has 2 atom stereocenters. The zero-order valence-corrected chi connectivity index (χ0v) is 35.5. The molecule has 0 fully saturated rings. The summed E-state index contributed by atoms with van der Waals surface area (Å²) < 4.78 is 17.2. The van der Waals surface area contributed by atoms with Crippen LogP contribution in [0.25, 0.3) is 0 Å². The van der Waals surface area contributed by atoms with Crippen LogP contribution in [-0.4, -0.2) is 80.6 Å². The van der Waals surface area contributed by atoms with Crippen LogP contribution in [-0.2, 0) is 28.6 Å². The number of nitrogens with zero attached hydrogens (tertiary/aromatic N) is 1. The number of carboxylic acid groups (broad SMARTS) is 1. The molecule has 0 aromatic rings. The standard InChI is InChI=1S/C48H75NO7/c1-6-8-10-12-14-16-18-20-21-22-23-24-25-27-28-30-32-34-36-38-46(50)55-43-44(42-54-41-40-45(48(52)53)49(3,4)5)56-47(51)39-37-35-33-31-29-26-19-17-15-13-11-9-7-2/h8-11,13-17,19-21,23-24,26-29,44-45H,6-7,12,18,22,25,30-43H2,1-5H3/p+1/b10-8+,11-9+,15-13+,16-14+,19-17+,21-20+,24-23+,28-27+,29-26+. The second kappa shape index (κ2) is 37.9. The van der Waals surface area contributed by atoms with Crippen LogP contribution in [0.3, 0.4) is 0 Å². The third-order valence-corrected chi connectivity index (χ3v) is 8.51. The Morgan fingerprint density at radius 2 is 1.04 bits per heavy atom. The Balaban J connectivity index is 4.50. The Morgan fingerprint density at radius 3 is 1.57 bits per heavy atom. The van der Waals surface area contributed by atoms with Gasteiger partial charge in [0.1, 0.15) is 6.61 Å². The molecule has 0 aromatic carbocycles. The number of allylic oxidation sites excluding steroid dienone is 18. The van der Waals surface area contributed by atoms with Crippen molar-refractivity contribution in [2.45, 2.75) is 135 Å². The Morgan fingerprint density at radius 1 is 0.554 bits per heavy atom. The molecule has 0 bridgehead atoms. The summed E-state index contributed by atoms with van der Waals surface area (Å²) in [7, 11) is 5.48. The highest BCUT2D eigenvalue weighted by molar-refractivity contribution is 5.72. The number of carbonyl (C=O) groups excluding carboxylic acids is 2. The van der Waals surface area contributed by atoms with Crippen molar-refractivity contribution in [3.8, 4) is 0 Å². The van der Waals surface area contributed by atoms with E-state index in [1.165, 1.54) is 0 Å². The number of unbranched alkanes of at least 4 members (excludes halogenated alkanes) is 6. The van der Waals surface area contributed by atoms with Crippen molar-refractivity contribution in [3.63, 3.8) is 0 Å². The largest absolute Gasteiger partial charge is 0.477 e. The lowest BCUT2D eigenvalue weighted by Gasteiger charge is -2.31. The minimum atomic E-state index is -0.893. The van der Waals surface area contributed by atoms with Gasteiger partial charge in [-0.15, -0.1) is 0 Å². The zero-order chi connectivity index (χ0) is 41.4. The van der Waals surface area contributed by atoms with Crippen LogP contribution in [0.2, 0.25) is 0 Å². The summed E-state index contributed by atoms with van der Waals surface area (Å²) in [5, 5.41) is 9.60. The fraction of sp³-hybridized carbons (Fsp3) is 0.562. The third kappa shape index (κ3) is 35.7. The summed E-state index contributed by atoms with van der Waals surface area (Å²) in [4.78, 5) is 36.9. The van der Waals surface area contributed by atoms with Gasteiger partial charge in [0.2, 0.25) is 0 Å². The van der Waals surface area contributed by atoms with E-state index in [9.17, 15) is 19.5 Å². The molecule has 0 saturated heterocycles. The van der Waals surface area contributed by atoms with Gasteiger partial charge >= 0.3 is 17.9 Å². The number of rotatable bonds is 35. The molecule has 0 aliphatic heterocycles. The molecule has 8 heteroatoms. The predicted molar refractivity (Wildman–Crippen MR) is 233 cm³/mol. The van der Waals surface area contributed by atoms with E-state index in [2.05, 4.69) is 86.8 Å². The Hall–Kier alpha value is -4.01. The molecule has 0 aromatic heterocycles. The molecule has 0 rings (SSSR count). The Bertz CT molecular complexity index is 1280. The van der Waals surface area contributed by atoms with Gasteiger partial charge in [-0.3, -0.25) is 9.59 Å². The summed E-state index contributed by atoms with van der Waals surface area (Å²) in [6, 6.07) is -0.634. The van der Waals surface area contributed by atoms with Crippen molar-refractivity contribution in [3.05, 3.63) is 109 Å². The average Bonchev–Trinajstić information content (AvgIpc) is 3.15. The molecule has 0 aliphatic rings. The fourth-order valence-corrected chi connectivity index (χ4v) is 5.30. The smallest absolute Gasteiger partial charge is 0.362 e.